The van der Waals surface area contributed by atoms with Gasteiger partial charge in [0.1, 0.15) is 0 Å². The highest BCUT2D eigenvalue weighted by Crippen LogP contribution is 2.13. The van der Waals surface area contributed by atoms with E-state index in [9.17, 15) is 0 Å². The van der Waals surface area contributed by atoms with Crippen molar-refractivity contribution in [3.8, 4) is 0 Å². The lowest BCUT2D eigenvalue weighted by atomic mass is 10.0. The zero-order valence-corrected chi connectivity index (χ0v) is 9.73. The first-order valence-electron chi connectivity index (χ1n) is 5.06. The Morgan fingerprint density at radius 1 is 1.00 bits per heavy atom. The van der Waals surface area contributed by atoms with Gasteiger partial charge in [0, 0.05) is 24.4 Å². The average molecular weight is 235 g/mol. The summed E-state index contributed by atoms with van der Waals surface area (Å²) in [6.07, 6.45) is 2.58. The second-order valence-electron chi connectivity index (χ2n) is 3.54. The molecule has 1 aromatic heterocycles. The third-order valence-corrected chi connectivity index (χ3v) is 2.38. The lowest BCUT2D eigenvalue weighted by Crippen LogP contribution is -2.13. The van der Waals surface area contributed by atoms with Crippen molar-refractivity contribution >= 4 is 12.4 Å². The van der Waals surface area contributed by atoms with E-state index in [1.807, 2.05) is 48.5 Å². The molecule has 2 nitrogen and oxygen atoms in total. The zero-order chi connectivity index (χ0) is 10.5. The Hall–Kier alpha value is -1.38. The number of rotatable bonds is 3. The molecule has 3 heteroatoms. The van der Waals surface area contributed by atoms with Gasteiger partial charge in [-0.1, -0.05) is 36.4 Å². The lowest BCUT2D eigenvalue weighted by Gasteiger charge is -2.10. The van der Waals surface area contributed by atoms with Crippen LogP contribution in [0.2, 0.25) is 0 Å². The molecule has 0 bridgehead atoms. The highest BCUT2D eigenvalue weighted by Gasteiger charge is 2.06. The standard InChI is InChI=1S/C13H14N2.ClH/c14-13(11-6-2-1-3-7-11)10-12-8-4-5-9-15-12;/h1-9,13H,10,14H2;1H. The van der Waals surface area contributed by atoms with E-state index < -0.39 is 0 Å². The van der Waals surface area contributed by atoms with Crippen LogP contribution in [0.4, 0.5) is 0 Å². The molecule has 84 valence electrons. The van der Waals surface area contributed by atoms with E-state index in [1.165, 1.54) is 0 Å². The Bertz CT molecular complexity index is 403. The van der Waals surface area contributed by atoms with E-state index in [0.717, 1.165) is 17.7 Å². The summed E-state index contributed by atoms with van der Waals surface area (Å²) in [6, 6.07) is 16.0. The first-order valence-corrected chi connectivity index (χ1v) is 5.06. The maximum Gasteiger partial charge on any atom is 0.0422 e. The third kappa shape index (κ3) is 3.33. The van der Waals surface area contributed by atoms with Crippen LogP contribution in [0.1, 0.15) is 17.3 Å². The van der Waals surface area contributed by atoms with Gasteiger partial charge in [0.05, 0.1) is 0 Å². The molecule has 0 aliphatic rings. The highest BCUT2D eigenvalue weighted by molar-refractivity contribution is 5.85. The molecule has 0 radical (unpaired) electrons. The molecule has 1 aromatic carbocycles. The first-order chi connectivity index (χ1) is 7.36. The fraction of sp³-hybridized carbons (Fsp3) is 0.154. The largest absolute Gasteiger partial charge is 0.324 e. The van der Waals surface area contributed by atoms with Gasteiger partial charge in [-0.15, -0.1) is 12.4 Å². The van der Waals surface area contributed by atoms with Gasteiger partial charge in [0.2, 0.25) is 0 Å². The van der Waals surface area contributed by atoms with E-state index in [4.69, 9.17) is 5.73 Å². The van der Waals surface area contributed by atoms with Crippen LogP contribution in [0.5, 0.6) is 0 Å². The van der Waals surface area contributed by atoms with E-state index in [1.54, 1.807) is 6.20 Å². The van der Waals surface area contributed by atoms with Crippen LogP contribution in [-0.4, -0.2) is 4.98 Å². The maximum atomic E-state index is 6.09. The summed E-state index contributed by atoms with van der Waals surface area (Å²) >= 11 is 0. The molecule has 0 amide bonds. The molecule has 0 aliphatic heterocycles. The maximum absolute atomic E-state index is 6.09. The second-order valence-corrected chi connectivity index (χ2v) is 3.54. The zero-order valence-electron chi connectivity index (χ0n) is 8.91. The number of aromatic nitrogens is 1. The monoisotopic (exact) mass is 234 g/mol. The number of benzene rings is 1. The predicted octanol–water partition coefficient (Wildman–Crippen LogP) is 2.75. The summed E-state index contributed by atoms with van der Waals surface area (Å²) in [7, 11) is 0. The summed E-state index contributed by atoms with van der Waals surface area (Å²) < 4.78 is 0. The molecule has 16 heavy (non-hydrogen) atoms. The molecule has 0 saturated carbocycles. The van der Waals surface area contributed by atoms with Crippen molar-refractivity contribution in [3.05, 3.63) is 66.0 Å². The number of pyridine rings is 1. The fourth-order valence-electron chi connectivity index (χ4n) is 1.56. The van der Waals surface area contributed by atoms with Gasteiger partial charge < -0.3 is 5.73 Å². The van der Waals surface area contributed by atoms with Crippen molar-refractivity contribution in [2.45, 2.75) is 12.5 Å². The van der Waals surface area contributed by atoms with Gasteiger partial charge in [-0.05, 0) is 17.7 Å². The van der Waals surface area contributed by atoms with Crippen molar-refractivity contribution in [1.82, 2.24) is 4.98 Å². The molecule has 2 N–H and O–H groups in total. The second kappa shape index (κ2) is 6.26. The molecule has 2 rings (SSSR count). The van der Waals surface area contributed by atoms with Gasteiger partial charge in [-0.25, -0.2) is 0 Å². The lowest BCUT2D eigenvalue weighted by molar-refractivity contribution is 0.707. The number of halogens is 1. The first kappa shape index (κ1) is 12.7. The summed E-state index contributed by atoms with van der Waals surface area (Å²) in [5.74, 6) is 0. The Labute approximate surface area is 102 Å². The summed E-state index contributed by atoms with van der Waals surface area (Å²) in [5, 5.41) is 0. The van der Waals surface area contributed by atoms with Crippen molar-refractivity contribution in [3.63, 3.8) is 0 Å². The molecule has 0 fully saturated rings. The molecule has 0 spiro atoms. The van der Waals surface area contributed by atoms with Gasteiger partial charge >= 0.3 is 0 Å². The minimum atomic E-state index is 0. The van der Waals surface area contributed by atoms with Crippen molar-refractivity contribution in [1.29, 1.82) is 0 Å². The molecule has 1 unspecified atom stereocenters. The van der Waals surface area contributed by atoms with E-state index >= 15 is 0 Å². The molecule has 2 aromatic rings. The topological polar surface area (TPSA) is 38.9 Å². The number of nitrogens with zero attached hydrogens (tertiary/aromatic N) is 1. The molecular weight excluding hydrogens is 220 g/mol. The van der Waals surface area contributed by atoms with Crippen molar-refractivity contribution in [2.24, 2.45) is 5.73 Å². The Kier molecular flexibility index (Phi) is 4.96. The number of hydrogen-bond acceptors (Lipinski definition) is 2. The Morgan fingerprint density at radius 2 is 1.69 bits per heavy atom. The molecule has 1 heterocycles. The smallest absolute Gasteiger partial charge is 0.0422 e. The quantitative estimate of drug-likeness (QED) is 0.887. The molecule has 0 saturated heterocycles. The minimum Gasteiger partial charge on any atom is -0.324 e. The highest BCUT2D eigenvalue weighted by atomic mass is 35.5. The predicted molar refractivity (Wildman–Crippen MR) is 68.6 cm³/mol. The van der Waals surface area contributed by atoms with Gasteiger partial charge in [-0.3, -0.25) is 4.98 Å². The number of hydrogen-bond donors (Lipinski definition) is 1. The van der Waals surface area contributed by atoms with E-state index in [2.05, 4.69) is 4.98 Å². The van der Waals surface area contributed by atoms with E-state index in [-0.39, 0.29) is 18.4 Å². The van der Waals surface area contributed by atoms with E-state index in [0.29, 0.717) is 0 Å². The summed E-state index contributed by atoms with van der Waals surface area (Å²) in [4.78, 5) is 4.26. The average Bonchev–Trinajstić information content (AvgIpc) is 2.31. The normalized spacial score (nSPS) is 11.6. The molecule has 0 aliphatic carbocycles. The van der Waals surface area contributed by atoms with Crippen molar-refractivity contribution < 1.29 is 0 Å². The van der Waals surface area contributed by atoms with Crippen molar-refractivity contribution in [2.75, 3.05) is 0 Å². The minimum absolute atomic E-state index is 0. The molecular formula is C13H15ClN2. The van der Waals surface area contributed by atoms with Gasteiger partial charge in [0.15, 0.2) is 0 Å². The Balaban J connectivity index is 0.00000128. The van der Waals surface area contributed by atoms with Gasteiger partial charge in [-0.2, -0.15) is 0 Å². The summed E-state index contributed by atoms with van der Waals surface area (Å²) in [6.45, 7) is 0. The van der Waals surface area contributed by atoms with Gasteiger partial charge in [0.25, 0.3) is 0 Å². The van der Waals surface area contributed by atoms with Crippen LogP contribution in [0.3, 0.4) is 0 Å². The third-order valence-electron chi connectivity index (χ3n) is 2.38. The van der Waals surface area contributed by atoms with Crippen LogP contribution in [0.15, 0.2) is 54.7 Å². The fourth-order valence-corrected chi connectivity index (χ4v) is 1.56. The number of nitrogens with two attached hydrogens (primary N) is 1. The van der Waals surface area contributed by atoms with Crippen LogP contribution < -0.4 is 5.73 Å². The summed E-state index contributed by atoms with van der Waals surface area (Å²) in [5.41, 5.74) is 8.28. The SMILES string of the molecule is Cl.NC(Cc1ccccn1)c1ccccc1. The van der Waals surface area contributed by atoms with Crippen LogP contribution in [0, 0.1) is 0 Å². The Morgan fingerprint density at radius 3 is 2.31 bits per heavy atom. The van der Waals surface area contributed by atoms with Crippen LogP contribution >= 0.6 is 12.4 Å². The molecule has 1 atom stereocenters. The van der Waals surface area contributed by atoms with Crippen LogP contribution in [-0.2, 0) is 6.42 Å². The van der Waals surface area contributed by atoms with Crippen LogP contribution in [0.25, 0.3) is 0 Å².